The lowest BCUT2D eigenvalue weighted by molar-refractivity contribution is -0.162. The Bertz CT molecular complexity index is 1090. The Balaban J connectivity index is 1.18. The molecular formula is C20H18FN5O3. The van der Waals surface area contributed by atoms with Crippen LogP contribution in [0, 0.1) is 5.82 Å². The van der Waals surface area contributed by atoms with Crippen LogP contribution in [0.1, 0.15) is 37.3 Å². The maximum absolute atomic E-state index is 13.3. The van der Waals surface area contributed by atoms with Gasteiger partial charge in [0.2, 0.25) is 5.65 Å². The van der Waals surface area contributed by atoms with Gasteiger partial charge in [0.15, 0.2) is 5.60 Å². The van der Waals surface area contributed by atoms with Gasteiger partial charge in [-0.05, 0) is 30.5 Å². The Morgan fingerprint density at radius 1 is 1.17 bits per heavy atom. The van der Waals surface area contributed by atoms with Crippen molar-refractivity contribution in [3.05, 3.63) is 54.4 Å². The minimum absolute atomic E-state index is 0.00261. The third-order valence-corrected chi connectivity index (χ3v) is 6.13. The highest BCUT2D eigenvalue weighted by molar-refractivity contribution is 5.89. The fourth-order valence-corrected chi connectivity index (χ4v) is 4.73. The molecular weight excluding hydrogens is 377 g/mol. The Labute approximate surface area is 165 Å². The minimum Gasteiger partial charge on any atom is -0.471 e. The number of rotatable bonds is 3. The van der Waals surface area contributed by atoms with E-state index >= 15 is 0 Å². The first-order valence-corrected chi connectivity index (χ1v) is 9.70. The van der Waals surface area contributed by atoms with Crippen LogP contribution in [0.2, 0.25) is 0 Å². The molecule has 29 heavy (non-hydrogen) atoms. The number of hydrogen-bond donors (Lipinski definition) is 0. The summed E-state index contributed by atoms with van der Waals surface area (Å²) in [5.74, 6) is 0.127. The van der Waals surface area contributed by atoms with Crippen LogP contribution >= 0.6 is 0 Å². The van der Waals surface area contributed by atoms with Gasteiger partial charge in [-0.3, -0.25) is 4.79 Å². The number of ether oxygens (including phenoxy) is 2. The second-order valence-electron chi connectivity index (χ2n) is 7.83. The van der Waals surface area contributed by atoms with E-state index in [9.17, 15) is 9.18 Å². The molecule has 0 unspecified atom stereocenters. The smallest absolute Gasteiger partial charge is 0.260 e. The molecule has 148 valence electrons. The molecule has 6 rings (SSSR count). The van der Waals surface area contributed by atoms with Gasteiger partial charge in [0.05, 0.1) is 6.04 Å². The summed E-state index contributed by atoms with van der Waals surface area (Å²) in [7, 11) is 0. The first-order chi connectivity index (χ1) is 14.1. The number of nitrogens with zero attached hydrogens (tertiary/aromatic N) is 5. The summed E-state index contributed by atoms with van der Waals surface area (Å²) in [6.45, 7) is 0. The van der Waals surface area contributed by atoms with E-state index in [4.69, 9.17) is 9.47 Å². The highest BCUT2D eigenvalue weighted by Gasteiger charge is 2.63. The van der Waals surface area contributed by atoms with Crippen molar-refractivity contribution in [3.8, 4) is 5.88 Å². The molecule has 3 fully saturated rings. The van der Waals surface area contributed by atoms with Crippen LogP contribution in [-0.2, 0) is 9.53 Å². The van der Waals surface area contributed by atoms with Gasteiger partial charge in [0.25, 0.3) is 11.8 Å². The molecule has 4 heterocycles. The van der Waals surface area contributed by atoms with E-state index < -0.39 is 5.60 Å². The lowest BCUT2D eigenvalue weighted by atomic mass is 9.76. The van der Waals surface area contributed by atoms with Crippen LogP contribution < -0.4 is 4.74 Å². The van der Waals surface area contributed by atoms with Gasteiger partial charge in [-0.25, -0.2) is 18.9 Å². The Hall–Kier alpha value is -3.07. The predicted molar refractivity (Wildman–Crippen MR) is 97.3 cm³/mol. The first kappa shape index (κ1) is 16.8. The molecule has 2 saturated heterocycles. The maximum Gasteiger partial charge on any atom is 0.260 e. The molecule has 1 amide bonds. The topological polar surface area (TPSA) is 81.9 Å². The number of fused-ring (bicyclic) bond motifs is 2. The van der Waals surface area contributed by atoms with Crippen molar-refractivity contribution in [2.24, 2.45) is 0 Å². The lowest BCUT2D eigenvalue weighted by Gasteiger charge is -2.41. The summed E-state index contributed by atoms with van der Waals surface area (Å²) in [5, 5.41) is 4.07. The molecule has 0 N–H and O–H groups in total. The quantitative estimate of drug-likeness (QED) is 0.677. The van der Waals surface area contributed by atoms with Crippen molar-refractivity contribution >= 4 is 11.6 Å². The summed E-state index contributed by atoms with van der Waals surface area (Å²) < 4.78 is 27.0. The zero-order valence-electron chi connectivity index (χ0n) is 15.4. The summed E-state index contributed by atoms with van der Waals surface area (Å²) in [6.07, 6.45) is 6.91. The van der Waals surface area contributed by atoms with Crippen molar-refractivity contribution in [2.45, 2.75) is 49.7 Å². The Morgan fingerprint density at radius 2 is 2.00 bits per heavy atom. The standard InChI is InChI=1S/C20H18FN5O3/c21-13-3-1-12(2-4-13)15-5-6-16-26(15)19(27)20(29-16)9-14(10-20)28-18-17-23-11-24-25(17)8-7-22-18/h1-4,7-8,11,14-16H,5-6,9-10H2/t14?,15-,16+,20?/m0/s1. The Morgan fingerprint density at radius 3 is 2.83 bits per heavy atom. The number of aromatic nitrogens is 4. The summed E-state index contributed by atoms with van der Waals surface area (Å²) in [5.41, 5.74) is 0.661. The first-order valence-electron chi connectivity index (χ1n) is 9.70. The Kier molecular flexibility index (Phi) is 3.46. The number of carbonyl (C=O) groups excluding carboxylic acids is 1. The van der Waals surface area contributed by atoms with E-state index in [1.54, 1.807) is 29.0 Å². The number of halogens is 1. The molecule has 2 aromatic heterocycles. The molecule has 1 aromatic carbocycles. The van der Waals surface area contributed by atoms with Crippen molar-refractivity contribution in [2.75, 3.05) is 0 Å². The van der Waals surface area contributed by atoms with Gasteiger partial charge in [-0.2, -0.15) is 5.10 Å². The lowest BCUT2D eigenvalue weighted by Crippen LogP contribution is -2.56. The van der Waals surface area contributed by atoms with Crippen molar-refractivity contribution in [1.29, 1.82) is 0 Å². The summed E-state index contributed by atoms with van der Waals surface area (Å²) >= 11 is 0. The van der Waals surface area contributed by atoms with Crippen LogP contribution in [0.4, 0.5) is 4.39 Å². The average molecular weight is 395 g/mol. The fraction of sp³-hybridized carbons (Fsp3) is 0.400. The van der Waals surface area contributed by atoms with Crippen molar-refractivity contribution in [1.82, 2.24) is 24.5 Å². The third-order valence-electron chi connectivity index (χ3n) is 6.13. The van der Waals surface area contributed by atoms with E-state index in [-0.39, 0.29) is 30.1 Å². The number of carbonyl (C=O) groups is 1. The van der Waals surface area contributed by atoms with Crippen LogP contribution in [0.25, 0.3) is 5.65 Å². The largest absolute Gasteiger partial charge is 0.471 e. The van der Waals surface area contributed by atoms with Gasteiger partial charge in [-0.15, -0.1) is 0 Å². The number of benzene rings is 1. The van der Waals surface area contributed by atoms with Gasteiger partial charge in [0.1, 0.15) is 24.5 Å². The molecule has 0 radical (unpaired) electrons. The molecule has 3 aliphatic rings. The average Bonchev–Trinajstić information content (AvgIpc) is 3.39. The molecule has 0 bridgehead atoms. The molecule has 2 aliphatic heterocycles. The van der Waals surface area contributed by atoms with E-state index in [1.165, 1.54) is 18.5 Å². The normalized spacial score (nSPS) is 30.7. The number of amides is 1. The van der Waals surface area contributed by atoms with Crippen LogP contribution in [0.5, 0.6) is 5.88 Å². The highest BCUT2D eigenvalue weighted by atomic mass is 19.1. The predicted octanol–water partition coefficient (Wildman–Crippen LogP) is 2.26. The summed E-state index contributed by atoms with van der Waals surface area (Å²) in [4.78, 5) is 23.5. The van der Waals surface area contributed by atoms with Crippen molar-refractivity contribution < 1.29 is 18.7 Å². The SMILES string of the molecule is O=C1N2[C@@H](CC[C@H]2c2ccc(F)cc2)OC12CC(Oc1nccn3ncnc13)C2. The highest BCUT2D eigenvalue weighted by Crippen LogP contribution is 2.51. The van der Waals surface area contributed by atoms with E-state index in [0.717, 1.165) is 18.4 Å². The second kappa shape index (κ2) is 5.96. The van der Waals surface area contributed by atoms with Gasteiger partial charge >= 0.3 is 0 Å². The van der Waals surface area contributed by atoms with Crippen LogP contribution in [0.15, 0.2) is 43.0 Å². The van der Waals surface area contributed by atoms with E-state index in [1.807, 2.05) is 4.90 Å². The zero-order chi connectivity index (χ0) is 19.6. The van der Waals surface area contributed by atoms with Gasteiger partial charge in [0, 0.05) is 25.2 Å². The monoisotopic (exact) mass is 395 g/mol. The molecule has 1 spiro atoms. The van der Waals surface area contributed by atoms with Gasteiger partial charge < -0.3 is 14.4 Å². The van der Waals surface area contributed by atoms with Crippen molar-refractivity contribution in [3.63, 3.8) is 0 Å². The molecule has 3 aromatic rings. The maximum atomic E-state index is 13.3. The van der Waals surface area contributed by atoms with Crippen LogP contribution in [0.3, 0.4) is 0 Å². The van der Waals surface area contributed by atoms with Crippen LogP contribution in [-0.4, -0.2) is 48.3 Å². The molecule has 9 heteroatoms. The summed E-state index contributed by atoms with van der Waals surface area (Å²) in [6, 6.07) is 6.30. The second-order valence-corrected chi connectivity index (χ2v) is 7.83. The molecule has 8 nitrogen and oxygen atoms in total. The third kappa shape index (κ3) is 2.46. The molecule has 1 saturated carbocycles. The molecule has 2 atom stereocenters. The fourth-order valence-electron chi connectivity index (χ4n) is 4.73. The zero-order valence-corrected chi connectivity index (χ0v) is 15.4. The van der Waals surface area contributed by atoms with E-state index in [0.29, 0.717) is 24.4 Å². The molecule has 1 aliphatic carbocycles. The minimum atomic E-state index is -0.827. The van der Waals surface area contributed by atoms with E-state index in [2.05, 4.69) is 15.1 Å². The van der Waals surface area contributed by atoms with Gasteiger partial charge in [-0.1, -0.05) is 12.1 Å². The number of hydrogen-bond acceptors (Lipinski definition) is 6.